The van der Waals surface area contributed by atoms with E-state index >= 15 is 0 Å². The number of aliphatic hydroxyl groups excluding tert-OH is 1. The molecule has 0 aromatic heterocycles. The molecular formula is C10H13BrClNO4S. The zero-order valence-corrected chi connectivity index (χ0v) is 12.6. The summed E-state index contributed by atoms with van der Waals surface area (Å²) < 4.78 is 31.8. The number of hydrogen-bond acceptors (Lipinski definition) is 4. The van der Waals surface area contributed by atoms with Crippen LogP contribution in [0.25, 0.3) is 0 Å². The van der Waals surface area contributed by atoms with Gasteiger partial charge in [0.2, 0.25) is 10.0 Å². The lowest BCUT2D eigenvalue weighted by atomic mass is 10.4. The van der Waals surface area contributed by atoms with Gasteiger partial charge in [0.25, 0.3) is 0 Å². The van der Waals surface area contributed by atoms with E-state index in [0.717, 1.165) is 0 Å². The number of nitrogens with one attached hydrogen (secondary N) is 1. The average molecular weight is 359 g/mol. The Morgan fingerprint density at radius 2 is 2.11 bits per heavy atom. The summed E-state index contributed by atoms with van der Waals surface area (Å²) in [5.74, 6) is 0. The molecule has 102 valence electrons. The number of halogens is 2. The maximum absolute atomic E-state index is 11.9. The van der Waals surface area contributed by atoms with Gasteiger partial charge in [-0.15, -0.1) is 0 Å². The Hall–Kier alpha value is -0.180. The van der Waals surface area contributed by atoms with Gasteiger partial charge in [0.05, 0.1) is 24.8 Å². The van der Waals surface area contributed by atoms with Crippen LogP contribution in [0.2, 0.25) is 5.02 Å². The molecule has 0 aliphatic heterocycles. The van der Waals surface area contributed by atoms with Crippen molar-refractivity contribution in [3.05, 3.63) is 27.7 Å². The lowest BCUT2D eigenvalue weighted by Crippen LogP contribution is -2.28. The lowest BCUT2D eigenvalue weighted by molar-refractivity contribution is 0.0961. The highest BCUT2D eigenvalue weighted by Crippen LogP contribution is 2.24. The third-order valence-electron chi connectivity index (χ3n) is 1.96. The molecule has 0 aliphatic carbocycles. The Morgan fingerprint density at radius 3 is 2.72 bits per heavy atom. The van der Waals surface area contributed by atoms with E-state index in [-0.39, 0.29) is 36.3 Å². The van der Waals surface area contributed by atoms with E-state index in [9.17, 15) is 8.42 Å². The van der Waals surface area contributed by atoms with Crippen LogP contribution in [0.15, 0.2) is 27.6 Å². The Kier molecular flexibility index (Phi) is 6.54. The molecule has 8 heteroatoms. The van der Waals surface area contributed by atoms with Gasteiger partial charge < -0.3 is 9.84 Å². The van der Waals surface area contributed by atoms with Crippen LogP contribution in [0.4, 0.5) is 0 Å². The topological polar surface area (TPSA) is 75.6 Å². The van der Waals surface area contributed by atoms with Crippen molar-refractivity contribution in [1.82, 2.24) is 4.72 Å². The van der Waals surface area contributed by atoms with Crippen LogP contribution in [0.5, 0.6) is 0 Å². The molecule has 0 spiro atoms. The van der Waals surface area contributed by atoms with Crippen LogP contribution < -0.4 is 4.72 Å². The van der Waals surface area contributed by atoms with Crippen LogP contribution in [0, 0.1) is 0 Å². The van der Waals surface area contributed by atoms with Gasteiger partial charge in [0, 0.05) is 11.0 Å². The summed E-state index contributed by atoms with van der Waals surface area (Å²) >= 11 is 9.06. The van der Waals surface area contributed by atoms with Crippen LogP contribution >= 0.6 is 27.5 Å². The molecule has 2 N–H and O–H groups in total. The van der Waals surface area contributed by atoms with Gasteiger partial charge in [-0.2, -0.15) is 0 Å². The Morgan fingerprint density at radius 1 is 1.39 bits per heavy atom. The molecular weight excluding hydrogens is 346 g/mol. The molecule has 0 unspecified atom stereocenters. The van der Waals surface area contributed by atoms with E-state index in [4.69, 9.17) is 21.4 Å². The van der Waals surface area contributed by atoms with E-state index in [2.05, 4.69) is 20.7 Å². The molecule has 0 fully saturated rings. The lowest BCUT2D eigenvalue weighted by Gasteiger charge is -2.08. The van der Waals surface area contributed by atoms with Crippen LogP contribution in [-0.2, 0) is 14.8 Å². The summed E-state index contributed by atoms with van der Waals surface area (Å²) in [6.45, 7) is 0.398. The third kappa shape index (κ3) is 4.83. The molecule has 0 aliphatic rings. The van der Waals surface area contributed by atoms with Crippen molar-refractivity contribution in [2.24, 2.45) is 0 Å². The van der Waals surface area contributed by atoms with Gasteiger partial charge >= 0.3 is 0 Å². The number of rotatable bonds is 7. The number of ether oxygens (including phenoxy) is 1. The smallest absolute Gasteiger partial charge is 0.242 e. The van der Waals surface area contributed by atoms with Crippen LogP contribution in [-0.4, -0.2) is 39.9 Å². The average Bonchev–Trinajstić information content (AvgIpc) is 2.28. The fourth-order valence-electron chi connectivity index (χ4n) is 1.19. The van der Waals surface area contributed by atoms with E-state index in [1.54, 1.807) is 6.07 Å². The van der Waals surface area contributed by atoms with Gasteiger partial charge in [0.1, 0.15) is 4.90 Å². The molecule has 18 heavy (non-hydrogen) atoms. The Bertz CT molecular complexity index is 495. The second-order valence-corrected chi connectivity index (χ2v) is 6.37. The summed E-state index contributed by atoms with van der Waals surface area (Å²) in [5.41, 5.74) is 0. The first-order valence-corrected chi connectivity index (χ1v) is 7.76. The zero-order chi connectivity index (χ0) is 13.6. The molecule has 0 saturated carbocycles. The molecule has 5 nitrogen and oxygen atoms in total. The predicted octanol–water partition coefficient (Wildman–Crippen LogP) is 1.39. The number of aliphatic hydroxyl groups is 1. The van der Waals surface area contributed by atoms with E-state index in [1.807, 2.05) is 0 Å². The monoisotopic (exact) mass is 357 g/mol. The van der Waals surface area contributed by atoms with Crippen molar-refractivity contribution in [3.8, 4) is 0 Å². The Balaban J connectivity index is 2.63. The number of sulfonamides is 1. The fraction of sp³-hybridized carbons (Fsp3) is 0.400. The molecule has 1 aromatic carbocycles. The Labute approximate surface area is 119 Å². The van der Waals surface area contributed by atoms with E-state index in [1.165, 1.54) is 12.1 Å². The summed E-state index contributed by atoms with van der Waals surface area (Å²) in [4.78, 5) is 0.0227. The molecule has 0 amide bonds. The molecule has 1 aromatic rings. The third-order valence-corrected chi connectivity index (χ3v) is 4.39. The second kappa shape index (κ2) is 7.42. The minimum absolute atomic E-state index is 0.0227. The summed E-state index contributed by atoms with van der Waals surface area (Å²) in [6.07, 6.45) is 0. The van der Waals surface area contributed by atoms with Crippen molar-refractivity contribution in [2.45, 2.75) is 4.90 Å². The molecule has 0 saturated heterocycles. The van der Waals surface area contributed by atoms with Crippen molar-refractivity contribution in [3.63, 3.8) is 0 Å². The van der Waals surface area contributed by atoms with Crippen molar-refractivity contribution < 1.29 is 18.3 Å². The van der Waals surface area contributed by atoms with E-state index in [0.29, 0.717) is 4.47 Å². The van der Waals surface area contributed by atoms with Gasteiger partial charge in [-0.3, -0.25) is 0 Å². The summed E-state index contributed by atoms with van der Waals surface area (Å²) in [6, 6.07) is 4.53. The largest absolute Gasteiger partial charge is 0.394 e. The fourth-order valence-corrected chi connectivity index (χ4v) is 3.23. The van der Waals surface area contributed by atoms with Crippen LogP contribution in [0.1, 0.15) is 0 Å². The first kappa shape index (κ1) is 15.9. The molecule has 0 bridgehead atoms. The highest BCUT2D eigenvalue weighted by Gasteiger charge is 2.17. The van der Waals surface area contributed by atoms with E-state index < -0.39 is 10.0 Å². The molecule has 0 radical (unpaired) electrons. The van der Waals surface area contributed by atoms with Gasteiger partial charge in [-0.25, -0.2) is 13.1 Å². The van der Waals surface area contributed by atoms with Crippen molar-refractivity contribution in [1.29, 1.82) is 0 Å². The minimum Gasteiger partial charge on any atom is -0.394 e. The number of hydrogen-bond donors (Lipinski definition) is 2. The maximum Gasteiger partial charge on any atom is 0.242 e. The first-order valence-electron chi connectivity index (χ1n) is 5.10. The minimum atomic E-state index is -3.64. The summed E-state index contributed by atoms with van der Waals surface area (Å²) in [5, 5.41) is 8.63. The zero-order valence-electron chi connectivity index (χ0n) is 9.40. The molecule has 0 atom stereocenters. The normalized spacial score (nSPS) is 11.7. The first-order chi connectivity index (χ1) is 8.47. The molecule has 1 rings (SSSR count). The summed E-state index contributed by atoms with van der Waals surface area (Å²) in [7, 11) is -3.64. The predicted molar refractivity (Wildman–Crippen MR) is 72.2 cm³/mol. The van der Waals surface area contributed by atoms with Crippen molar-refractivity contribution >= 4 is 37.6 Å². The number of benzene rings is 1. The quantitative estimate of drug-likeness (QED) is 0.722. The maximum atomic E-state index is 11.9. The van der Waals surface area contributed by atoms with Crippen molar-refractivity contribution in [2.75, 3.05) is 26.4 Å². The van der Waals surface area contributed by atoms with Gasteiger partial charge in [-0.1, -0.05) is 27.5 Å². The van der Waals surface area contributed by atoms with Gasteiger partial charge in [0.15, 0.2) is 0 Å². The second-order valence-electron chi connectivity index (χ2n) is 3.31. The standard InChI is InChI=1S/C10H13BrClNO4S/c11-8-1-2-10(9(12)7-8)18(15,16)13-3-5-17-6-4-14/h1-2,7,13-14H,3-6H2. The highest BCUT2D eigenvalue weighted by atomic mass is 79.9. The SMILES string of the molecule is O=S(=O)(NCCOCCO)c1ccc(Br)cc1Cl. The van der Waals surface area contributed by atoms with Gasteiger partial charge in [-0.05, 0) is 18.2 Å². The van der Waals surface area contributed by atoms with Crippen LogP contribution in [0.3, 0.4) is 0 Å². The molecule has 0 heterocycles. The highest BCUT2D eigenvalue weighted by molar-refractivity contribution is 9.10.